The minimum Gasteiger partial charge on any atom is -0.496 e. The molecule has 0 atom stereocenters. The maximum absolute atomic E-state index is 12.7. The number of methoxy groups -OCH3 is 1. The zero-order valence-corrected chi connectivity index (χ0v) is 20.7. The fourth-order valence-corrected chi connectivity index (χ4v) is 3.72. The first-order valence-electron chi connectivity index (χ1n) is 11.3. The number of allylic oxidation sites excluding steroid dienone is 1. The molecule has 174 valence electrons. The SMILES string of the molecule is CCn1cc(C(=O)/C=C/c2ccc(OC)c(COc3cc(C)ccc3C(C)(C)C)c2)c(C)n1. The lowest BCUT2D eigenvalue weighted by Gasteiger charge is -2.23. The van der Waals surface area contributed by atoms with Crippen molar-refractivity contribution < 1.29 is 14.3 Å². The Morgan fingerprint density at radius 3 is 2.48 bits per heavy atom. The van der Waals surface area contributed by atoms with Crippen molar-refractivity contribution in [2.75, 3.05) is 7.11 Å². The summed E-state index contributed by atoms with van der Waals surface area (Å²) in [6.07, 6.45) is 5.21. The second-order valence-corrected chi connectivity index (χ2v) is 9.29. The second-order valence-electron chi connectivity index (χ2n) is 9.29. The molecule has 3 aromatic rings. The van der Waals surface area contributed by atoms with Gasteiger partial charge in [0.05, 0.1) is 18.4 Å². The van der Waals surface area contributed by atoms with E-state index in [-0.39, 0.29) is 11.2 Å². The van der Waals surface area contributed by atoms with Crippen molar-refractivity contribution in [3.63, 3.8) is 0 Å². The lowest BCUT2D eigenvalue weighted by molar-refractivity contribution is 0.104. The fourth-order valence-electron chi connectivity index (χ4n) is 3.72. The number of hydrogen-bond acceptors (Lipinski definition) is 4. The van der Waals surface area contributed by atoms with Gasteiger partial charge >= 0.3 is 0 Å². The molecule has 1 heterocycles. The maximum atomic E-state index is 12.7. The predicted octanol–water partition coefficient (Wildman–Crippen LogP) is 6.30. The number of hydrogen-bond donors (Lipinski definition) is 0. The molecule has 2 aromatic carbocycles. The van der Waals surface area contributed by atoms with Gasteiger partial charge in [0, 0.05) is 18.3 Å². The topological polar surface area (TPSA) is 53.4 Å². The number of ether oxygens (including phenoxy) is 2. The highest BCUT2D eigenvalue weighted by molar-refractivity contribution is 6.07. The van der Waals surface area contributed by atoms with E-state index in [0.717, 1.165) is 46.0 Å². The summed E-state index contributed by atoms with van der Waals surface area (Å²) < 4.78 is 13.6. The van der Waals surface area contributed by atoms with Crippen molar-refractivity contribution in [1.82, 2.24) is 9.78 Å². The summed E-state index contributed by atoms with van der Waals surface area (Å²) in [4.78, 5) is 12.7. The standard InChI is InChI=1S/C28H34N2O3/c1-8-30-17-23(20(3)29-30)25(31)13-10-21-11-14-26(32-7)22(16-21)18-33-27-15-19(2)9-12-24(27)28(4,5)6/h9-17H,8,18H2,1-7H3/b13-10+. The molecule has 5 heteroatoms. The van der Waals surface area contributed by atoms with Crippen LogP contribution in [0.15, 0.2) is 48.7 Å². The van der Waals surface area contributed by atoms with Crippen molar-refractivity contribution in [3.8, 4) is 11.5 Å². The molecule has 0 saturated heterocycles. The van der Waals surface area contributed by atoms with E-state index in [4.69, 9.17) is 9.47 Å². The molecule has 0 unspecified atom stereocenters. The van der Waals surface area contributed by atoms with Crippen LogP contribution in [0.1, 0.15) is 66.0 Å². The summed E-state index contributed by atoms with van der Waals surface area (Å²) in [5.74, 6) is 1.57. The van der Waals surface area contributed by atoms with Crippen LogP contribution >= 0.6 is 0 Å². The molecular weight excluding hydrogens is 412 g/mol. The third-order valence-corrected chi connectivity index (χ3v) is 5.60. The Bertz CT molecular complexity index is 1170. The van der Waals surface area contributed by atoms with Crippen molar-refractivity contribution in [3.05, 3.63) is 82.2 Å². The van der Waals surface area contributed by atoms with Gasteiger partial charge in [0.25, 0.3) is 0 Å². The minimum absolute atomic E-state index is 0.0260. The van der Waals surface area contributed by atoms with Gasteiger partial charge in [-0.05, 0) is 67.2 Å². The van der Waals surface area contributed by atoms with Gasteiger partial charge in [0.15, 0.2) is 5.78 Å². The lowest BCUT2D eigenvalue weighted by atomic mass is 9.86. The largest absolute Gasteiger partial charge is 0.496 e. The van der Waals surface area contributed by atoms with Crippen LogP contribution in [0.5, 0.6) is 11.5 Å². The monoisotopic (exact) mass is 446 g/mol. The average molecular weight is 447 g/mol. The van der Waals surface area contributed by atoms with Crippen LogP contribution < -0.4 is 9.47 Å². The summed E-state index contributed by atoms with van der Waals surface area (Å²) in [6.45, 7) is 13.6. The van der Waals surface area contributed by atoms with Crippen LogP contribution in [0, 0.1) is 13.8 Å². The van der Waals surface area contributed by atoms with Gasteiger partial charge in [-0.1, -0.05) is 45.0 Å². The van der Waals surface area contributed by atoms with Crippen LogP contribution in [-0.4, -0.2) is 22.7 Å². The van der Waals surface area contributed by atoms with Crippen molar-refractivity contribution >= 4 is 11.9 Å². The Morgan fingerprint density at radius 2 is 1.85 bits per heavy atom. The van der Waals surface area contributed by atoms with Crippen molar-refractivity contribution in [2.45, 2.75) is 60.1 Å². The number of carbonyl (C=O) groups excluding carboxylic acids is 1. The van der Waals surface area contributed by atoms with E-state index in [9.17, 15) is 4.79 Å². The molecule has 33 heavy (non-hydrogen) atoms. The Balaban J connectivity index is 1.82. The molecular formula is C28H34N2O3. The normalized spacial score (nSPS) is 11.7. The number of ketones is 1. The number of benzene rings is 2. The zero-order chi connectivity index (χ0) is 24.2. The van der Waals surface area contributed by atoms with Gasteiger partial charge in [-0.15, -0.1) is 0 Å². The lowest BCUT2D eigenvalue weighted by Crippen LogP contribution is -2.13. The molecule has 0 bridgehead atoms. The fraction of sp³-hybridized carbons (Fsp3) is 0.357. The molecule has 3 rings (SSSR count). The molecule has 0 radical (unpaired) electrons. The maximum Gasteiger partial charge on any atom is 0.189 e. The quantitative estimate of drug-likeness (QED) is 0.301. The number of aromatic nitrogens is 2. The molecule has 5 nitrogen and oxygen atoms in total. The van der Waals surface area contributed by atoms with Crippen LogP contribution in [0.4, 0.5) is 0 Å². The van der Waals surface area contributed by atoms with E-state index in [1.54, 1.807) is 24.1 Å². The Morgan fingerprint density at radius 1 is 1.09 bits per heavy atom. The number of carbonyl (C=O) groups is 1. The third kappa shape index (κ3) is 5.92. The smallest absolute Gasteiger partial charge is 0.189 e. The zero-order valence-electron chi connectivity index (χ0n) is 20.7. The molecule has 0 amide bonds. The van der Waals surface area contributed by atoms with E-state index in [0.29, 0.717) is 12.2 Å². The Labute approximate surface area is 197 Å². The summed E-state index contributed by atoms with van der Waals surface area (Å²) in [7, 11) is 1.65. The van der Waals surface area contributed by atoms with Gasteiger partial charge in [0.2, 0.25) is 0 Å². The van der Waals surface area contributed by atoms with E-state index >= 15 is 0 Å². The van der Waals surface area contributed by atoms with Gasteiger partial charge < -0.3 is 9.47 Å². The van der Waals surface area contributed by atoms with Gasteiger partial charge in [-0.3, -0.25) is 9.48 Å². The van der Waals surface area contributed by atoms with E-state index < -0.39 is 0 Å². The third-order valence-electron chi connectivity index (χ3n) is 5.60. The number of aryl methyl sites for hydroxylation is 3. The van der Waals surface area contributed by atoms with Crippen LogP contribution in [0.3, 0.4) is 0 Å². The van der Waals surface area contributed by atoms with Crippen LogP contribution in [0.25, 0.3) is 6.08 Å². The first kappa shape index (κ1) is 24.3. The molecule has 0 aliphatic carbocycles. The van der Waals surface area contributed by atoms with E-state index in [2.05, 4.69) is 51.0 Å². The summed E-state index contributed by atoms with van der Waals surface area (Å²) >= 11 is 0. The summed E-state index contributed by atoms with van der Waals surface area (Å²) in [6, 6.07) is 12.2. The molecule has 0 aliphatic heterocycles. The minimum atomic E-state index is -0.0598. The molecule has 0 N–H and O–H groups in total. The van der Waals surface area contributed by atoms with Crippen LogP contribution in [-0.2, 0) is 18.6 Å². The summed E-state index contributed by atoms with van der Waals surface area (Å²) in [5, 5.41) is 4.35. The molecule has 0 saturated carbocycles. The van der Waals surface area contributed by atoms with Gasteiger partial charge in [-0.25, -0.2) is 0 Å². The second kappa shape index (κ2) is 10.1. The predicted molar refractivity (Wildman–Crippen MR) is 133 cm³/mol. The first-order valence-corrected chi connectivity index (χ1v) is 11.3. The number of nitrogens with zero attached hydrogens (tertiary/aromatic N) is 2. The number of rotatable bonds is 8. The average Bonchev–Trinajstić information content (AvgIpc) is 3.16. The van der Waals surface area contributed by atoms with Crippen LogP contribution in [0.2, 0.25) is 0 Å². The molecule has 0 spiro atoms. The highest BCUT2D eigenvalue weighted by atomic mass is 16.5. The van der Waals surface area contributed by atoms with E-state index in [1.165, 1.54) is 0 Å². The van der Waals surface area contributed by atoms with E-state index in [1.807, 2.05) is 38.1 Å². The van der Waals surface area contributed by atoms with Crippen molar-refractivity contribution in [1.29, 1.82) is 0 Å². The Hall–Kier alpha value is -3.34. The summed E-state index contributed by atoms with van der Waals surface area (Å²) in [5.41, 5.74) is 5.48. The molecule has 1 aromatic heterocycles. The Kier molecular flexibility index (Phi) is 7.42. The molecule has 0 fully saturated rings. The first-order chi connectivity index (χ1) is 15.6. The van der Waals surface area contributed by atoms with Crippen molar-refractivity contribution in [2.24, 2.45) is 0 Å². The molecule has 0 aliphatic rings. The van der Waals surface area contributed by atoms with Gasteiger partial charge in [0.1, 0.15) is 18.1 Å². The highest BCUT2D eigenvalue weighted by Crippen LogP contribution is 2.33. The highest BCUT2D eigenvalue weighted by Gasteiger charge is 2.19. The van der Waals surface area contributed by atoms with Gasteiger partial charge in [-0.2, -0.15) is 5.10 Å².